The van der Waals surface area contributed by atoms with E-state index in [1.807, 2.05) is 31.1 Å². The minimum Gasteiger partial charge on any atom is -0.494 e. The first kappa shape index (κ1) is 46.4. The molecular weight excluding hydrogens is 923 g/mol. The molecule has 8 rings (SSSR count). The molecule has 1 aromatic heterocycles. The highest BCUT2D eigenvalue weighted by Gasteiger charge is 2.34. The number of carbonyl (C=O) groups excluding carboxylic acids is 2. The summed E-state index contributed by atoms with van der Waals surface area (Å²) in [6.45, 7) is 8.60. The van der Waals surface area contributed by atoms with E-state index in [4.69, 9.17) is 9.72 Å². The van der Waals surface area contributed by atoms with Crippen LogP contribution in [0.5, 0.6) is 5.75 Å². The zero-order valence-electron chi connectivity index (χ0n) is 37.5. The van der Waals surface area contributed by atoms with Gasteiger partial charge in [0.05, 0.1) is 40.8 Å². The smallest absolute Gasteiger partial charge is 0.234 e. The van der Waals surface area contributed by atoms with E-state index in [1.165, 1.54) is 28.3 Å². The molecule has 3 fully saturated rings. The maximum atomic E-state index is 15.1. The number of nitrogens with one attached hydrogen (secondary N) is 3. The quantitative estimate of drug-likeness (QED) is 0.121. The van der Waals surface area contributed by atoms with E-state index in [0.717, 1.165) is 81.2 Å². The maximum Gasteiger partial charge on any atom is 0.234 e. The Morgan fingerprint density at radius 2 is 1.66 bits per heavy atom. The van der Waals surface area contributed by atoms with Gasteiger partial charge in [-0.25, -0.2) is 22.2 Å². The van der Waals surface area contributed by atoms with E-state index in [-0.39, 0.29) is 18.4 Å². The van der Waals surface area contributed by atoms with Crippen LogP contribution in [0.15, 0.2) is 47.1 Å². The average Bonchev–Trinajstić information content (AvgIpc) is 3.74. The van der Waals surface area contributed by atoms with Crippen LogP contribution in [0.4, 0.5) is 49.0 Å². The molecule has 4 aliphatic heterocycles. The van der Waals surface area contributed by atoms with Crippen LogP contribution in [0.25, 0.3) is 0 Å². The summed E-state index contributed by atoms with van der Waals surface area (Å²) in [5.74, 6) is -2.07. The van der Waals surface area contributed by atoms with Crippen molar-refractivity contribution in [3.63, 3.8) is 0 Å². The van der Waals surface area contributed by atoms with Gasteiger partial charge in [0.25, 0.3) is 0 Å². The number of piperazine rings is 1. The SMILES string of the molecule is CCc1cc(Nc2ncc(Br)c(Nc3ccc(N(C)C)c4c3N(S(C)(=O)=O)CC4)n2)c(OC)cc1N1CCC(N2CCN(CCc3cc(F)c(C4CCC(=O)NC4=O)c(F)c3)CC2)CC1. The Morgan fingerprint density at radius 3 is 2.31 bits per heavy atom. The van der Waals surface area contributed by atoms with Crippen molar-refractivity contribution in [2.24, 2.45) is 0 Å². The van der Waals surface area contributed by atoms with Crippen molar-refractivity contribution in [1.82, 2.24) is 25.1 Å². The van der Waals surface area contributed by atoms with Gasteiger partial charge in [0.1, 0.15) is 23.2 Å². The van der Waals surface area contributed by atoms with Crippen molar-refractivity contribution >= 4 is 78.0 Å². The van der Waals surface area contributed by atoms with Crippen LogP contribution >= 0.6 is 15.9 Å². The van der Waals surface area contributed by atoms with Gasteiger partial charge in [-0.1, -0.05) is 6.92 Å². The lowest BCUT2D eigenvalue weighted by molar-refractivity contribution is -0.134. The third-order valence-corrected chi connectivity index (χ3v) is 14.9. The monoisotopic (exact) mass is 978 g/mol. The molecular formula is C46H57BrF2N10O5S. The molecule has 4 aliphatic rings. The number of sulfonamides is 1. The number of hydrogen-bond donors (Lipinski definition) is 3. The third kappa shape index (κ3) is 10.0. The molecule has 0 spiro atoms. The second-order valence-corrected chi connectivity index (χ2v) is 20.2. The van der Waals surface area contributed by atoms with E-state index in [0.29, 0.717) is 70.9 Å². The number of imide groups is 1. The molecule has 348 valence electrons. The molecule has 19 heteroatoms. The van der Waals surface area contributed by atoms with E-state index in [9.17, 15) is 18.0 Å². The third-order valence-electron chi connectivity index (χ3n) is 13.2. The number of benzene rings is 3. The van der Waals surface area contributed by atoms with Gasteiger partial charge in [0, 0.05) is 114 Å². The minimum atomic E-state index is -3.52. The standard InChI is InChI=1S/C46H57BrF2N10O5S/c1-6-29-25-37(52-46-50-27-33(47)44(54-46)51-36-8-9-38(55(2)3)31-14-18-59(43(31)36)65(5,62)63)40(64-4)26-39(29)58-16-12-30(13-17-58)57-21-19-56(20-22-57)15-11-28-23-34(48)42(35(49)24-28)32-7-10-41(60)53-45(32)61/h8-9,23-27,30,32H,6-7,10-22H2,1-5H3,(H,53,60,61)(H2,50,51,52,54). The first-order valence-electron chi connectivity index (χ1n) is 22.2. The lowest BCUT2D eigenvalue weighted by atomic mass is 9.89. The lowest BCUT2D eigenvalue weighted by Crippen LogP contribution is -2.53. The zero-order valence-corrected chi connectivity index (χ0v) is 39.9. The molecule has 0 saturated carbocycles. The number of halogens is 3. The number of rotatable bonds is 14. The van der Waals surface area contributed by atoms with Crippen LogP contribution in [0, 0.1) is 11.6 Å². The summed E-state index contributed by atoms with van der Waals surface area (Å²) < 4.78 is 63.9. The maximum absolute atomic E-state index is 15.1. The molecule has 0 aliphatic carbocycles. The van der Waals surface area contributed by atoms with Gasteiger partial charge in [-0.2, -0.15) is 4.98 Å². The molecule has 15 nitrogen and oxygen atoms in total. The second kappa shape index (κ2) is 19.4. The summed E-state index contributed by atoms with van der Waals surface area (Å²) in [4.78, 5) is 42.5. The van der Waals surface area contributed by atoms with Crippen LogP contribution in [0.1, 0.15) is 60.8 Å². The van der Waals surface area contributed by atoms with Gasteiger partial charge in [0.15, 0.2) is 0 Å². The minimum absolute atomic E-state index is 0.0607. The van der Waals surface area contributed by atoms with Crippen LogP contribution < -0.4 is 34.8 Å². The van der Waals surface area contributed by atoms with Gasteiger partial charge in [-0.15, -0.1) is 0 Å². The number of carbonyl (C=O) groups is 2. The fourth-order valence-electron chi connectivity index (χ4n) is 9.75. The Bertz CT molecular complexity index is 2550. The Hall–Kier alpha value is -5.11. The second-order valence-electron chi connectivity index (χ2n) is 17.4. The highest BCUT2D eigenvalue weighted by molar-refractivity contribution is 9.10. The number of aromatic nitrogens is 2. The summed E-state index contributed by atoms with van der Waals surface area (Å²) in [7, 11) is 2.03. The number of methoxy groups -OCH3 is 1. The molecule has 2 amide bonds. The van der Waals surface area contributed by atoms with Gasteiger partial charge in [0.2, 0.25) is 27.8 Å². The topological polar surface area (TPSA) is 156 Å². The molecule has 1 unspecified atom stereocenters. The molecule has 0 bridgehead atoms. The number of hydrogen-bond acceptors (Lipinski definition) is 13. The number of anilines is 7. The van der Waals surface area contributed by atoms with Crippen molar-refractivity contribution < 1.29 is 31.5 Å². The van der Waals surface area contributed by atoms with Crippen molar-refractivity contribution in [1.29, 1.82) is 0 Å². The van der Waals surface area contributed by atoms with Gasteiger partial charge in [-0.3, -0.25) is 24.1 Å². The predicted octanol–water partition coefficient (Wildman–Crippen LogP) is 6.31. The van der Waals surface area contributed by atoms with Crippen LogP contribution in [0.2, 0.25) is 0 Å². The number of ether oxygens (including phenoxy) is 1. The summed E-state index contributed by atoms with van der Waals surface area (Å²) in [5, 5.41) is 8.95. The molecule has 3 N–H and O–H groups in total. The van der Waals surface area contributed by atoms with Crippen molar-refractivity contribution in [3.05, 3.63) is 81.0 Å². The van der Waals surface area contributed by atoms with Crippen molar-refractivity contribution in [2.45, 2.75) is 63.8 Å². The predicted molar refractivity (Wildman–Crippen MR) is 254 cm³/mol. The van der Waals surface area contributed by atoms with Gasteiger partial charge in [-0.05, 0) is 95.9 Å². The fraction of sp³-hybridized carbons (Fsp3) is 0.478. The molecule has 3 saturated heterocycles. The molecule has 65 heavy (non-hydrogen) atoms. The molecule has 4 aromatic rings. The summed E-state index contributed by atoms with van der Waals surface area (Å²) in [6.07, 6.45) is 6.99. The van der Waals surface area contributed by atoms with Crippen LogP contribution in [-0.2, 0) is 38.9 Å². The van der Waals surface area contributed by atoms with Crippen LogP contribution in [-0.4, -0.2) is 126 Å². The van der Waals surface area contributed by atoms with E-state index in [2.05, 4.69) is 70.6 Å². The summed E-state index contributed by atoms with van der Waals surface area (Å²) in [6, 6.07) is 11.2. The first-order valence-corrected chi connectivity index (χ1v) is 24.9. The average molecular weight is 980 g/mol. The Balaban J connectivity index is 0.872. The van der Waals surface area contributed by atoms with Crippen LogP contribution in [0.3, 0.4) is 0 Å². The number of nitrogens with zero attached hydrogens (tertiary/aromatic N) is 7. The number of piperidine rings is 2. The largest absolute Gasteiger partial charge is 0.494 e. The van der Waals surface area contributed by atoms with E-state index < -0.39 is 39.4 Å². The molecule has 0 radical (unpaired) electrons. The first-order chi connectivity index (χ1) is 31.1. The Kier molecular flexibility index (Phi) is 13.8. The van der Waals surface area contributed by atoms with Gasteiger partial charge >= 0.3 is 0 Å². The zero-order chi connectivity index (χ0) is 46.2. The number of amides is 2. The number of aryl methyl sites for hydroxylation is 1. The normalized spacial score (nSPS) is 18.7. The fourth-order valence-corrected chi connectivity index (χ4v) is 11.0. The molecule has 3 aromatic carbocycles. The Labute approximate surface area is 388 Å². The van der Waals surface area contributed by atoms with E-state index >= 15 is 8.78 Å². The highest BCUT2D eigenvalue weighted by atomic mass is 79.9. The Morgan fingerprint density at radius 1 is 0.938 bits per heavy atom. The van der Waals surface area contributed by atoms with Gasteiger partial charge < -0.3 is 30.1 Å². The molecule has 1 atom stereocenters. The van der Waals surface area contributed by atoms with Crippen molar-refractivity contribution in [2.75, 3.05) is 105 Å². The summed E-state index contributed by atoms with van der Waals surface area (Å²) in [5.41, 5.74) is 6.50. The van der Waals surface area contributed by atoms with Crippen molar-refractivity contribution in [3.8, 4) is 5.75 Å². The number of fused-ring (bicyclic) bond motifs is 1. The lowest BCUT2D eigenvalue weighted by Gasteiger charge is -2.43. The highest BCUT2D eigenvalue weighted by Crippen LogP contribution is 2.44. The van der Waals surface area contributed by atoms with E-state index in [1.54, 1.807) is 13.3 Å². The molecule has 5 heterocycles. The summed E-state index contributed by atoms with van der Waals surface area (Å²) >= 11 is 3.59.